The molecule has 134 valence electrons. The zero-order valence-electron chi connectivity index (χ0n) is 15.2. The third kappa shape index (κ3) is 16.3. The van der Waals surface area contributed by atoms with Crippen LogP contribution in [0.1, 0.15) is 90.9 Å². The van der Waals surface area contributed by atoms with Crippen molar-refractivity contribution in [1.82, 2.24) is 0 Å². The van der Waals surface area contributed by atoms with Gasteiger partial charge in [0.25, 0.3) is 0 Å². The molecule has 0 heterocycles. The molecular weight excluding hydrogens is 276 g/mol. The first-order valence-electron chi connectivity index (χ1n) is 9.65. The second-order valence-corrected chi connectivity index (χ2v) is 6.22. The van der Waals surface area contributed by atoms with Gasteiger partial charge in [-0.15, -0.1) is 0 Å². The van der Waals surface area contributed by atoms with E-state index in [0.717, 1.165) is 13.0 Å². The maximum Gasteiger partial charge on any atom is 0.104 e. The van der Waals surface area contributed by atoms with Crippen molar-refractivity contribution in [3.8, 4) is 0 Å². The summed E-state index contributed by atoms with van der Waals surface area (Å²) < 4.78 is 10.9. The highest BCUT2D eigenvalue weighted by Gasteiger charge is 2.05. The van der Waals surface area contributed by atoms with Crippen LogP contribution >= 0.6 is 0 Å². The highest BCUT2D eigenvalue weighted by molar-refractivity contribution is 4.53. The number of ether oxygens (including phenoxy) is 2. The monoisotopic (exact) mass is 316 g/mol. The van der Waals surface area contributed by atoms with Crippen molar-refractivity contribution in [2.75, 3.05) is 26.4 Å². The standard InChI is InChI=1S/C19H40O3/c1-3-5-6-7-8-9-10-11-12-13-14-15-16-21-18-19(17-20)22-4-2/h19-20H,3-18H2,1-2H3/t19-/m0/s1. The average molecular weight is 317 g/mol. The van der Waals surface area contributed by atoms with Crippen LogP contribution in [0.25, 0.3) is 0 Å². The molecule has 22 heavy (non-hydrogen) atoms. The normalized spacial score (nSPS) is 12.7. The van der Waals surface area contributed by atoms with Gasteiger partial charge in [0.1, 0.15) is 6.10 Å². The Bertz CT molecular complexity index is 197. The van der Waals surface area contributed by atoms with E-state index in [4.69, 9.17) is 14.6 Å². The second kappa shape index (κ2) is 18.9. The largest absolute Gasteiger partial charge is 0.394 e. The van der Waals surface area contributed by atoms with Crippen LogP contribution in [0.5, 0.6) is 0 Å². The molecule has 0 spiro atoms. The van der Waals surface area contributed by atoms with Crippen LogP contribution in [0.4, 0.5) is 0 Å². The Balaban J connectivity index is 3.08. The van der Waals surface area contributed by atoms with Crippen LogP contribution in [0.2, 0.25) is 0 Å². The molecule has 0 rings (SSSR count). The van der Waals surface area contributed by atoms with Gasteiger partial charge >= 0.3 is 0 Å². The van der Waals surface area contributed by atoms with E-state index >= 15 is 0 Å². The molecule has 0 aromatic rings. The summed E-state index contributed by atoms with van der Waals surface area (Å²) >= 11 is 0. The molecule has 0 aliphatic carbocycles. The van der Waals surface area contributed by atoms with Crippen LogP contribution in [-0.2, 0) is 9.47 Å². The van der Waals surface area contributed by atoms with Crippen molar-refractivity contribution in [1.29, 1.82) is 0 Å². The summed E-state index contributed by atoms with van der Waals surface area (Å²) in [5.74, 6) is 0. The average Bonchev–Trinajstić information content (AvgIpc) is 2.54. The summed E-state index contributed by atoms with van der Waals surface area (Å²) in [4.78, 5) is 0. The van der Waals surface area contributed by atoms with Crippen molar-refractivity contribution in [3.05, 3.63) is 0 Å². The summed E-state index contributed by atoms with van der Waals surface area (Å²) in [6.45, 7) is 6.20. The molecule has 0 unspecified atom stereocenters. The van der Waals surface area contributed by atoms with Crippen molar-refractivity contribution in [3.63, 3.8) is 0 Å². The Labute approximate surface area is 138 Å². The van der Waals surface area contributed by atoms with Crippen LogP contribution in [0.15, 0.2) is 0 Å². The zero-order valence-corrected chi connectivity index (χ0v) is 15.2. The number of hydrogen-bond acceptors (Lipinski definition) is 3. The molecule has 0 fully saturated rings. The van der Waals surface area contributed by atoms with Gasteiger partial charge in [-0.3, -0.25) is 0 Å². The van der Waals surface area contributed by atoms with Crippen molar-refractivity contribution in [2.24, 2.45) is 0 Å². The lowest BCUT2D eigenvalue weighted by molar-refractivity contribution is -0.0384. The second-order valence-electron chi connectivity index (χ2n) is 6.22. The van der Waals surface area contributed by atoms with E-state index in [2.05, 4.69) is 6.92 Å². The fourth-order valence-corrected chi connectivity index (χ4v) is 2.65. The van der Waals surface area contributed by atoms with E-state index in [1.165, 1.54) is 70.6 Å². The molecule has 0 bridgehead atoms. The quantitative estimate of drug-likeness (QED) is 0.357. The van der Waals surface area contributed by atoms with Gasteiger partial charge in [-0.2, -0.15) is 0 Å². The minimum atomic E-state index is -0.151. The van der Waals surface area contributed by atoms with Gasteiger partial charge in [0.15, 0.2) is 0 Å². The first-order chi connectivity index (χ1) is 10.8. The summed E-state index contributed by atoms with van der Waals surface area (Å²) in [6.07, 6.45) is 16.2. The lowest BCUT2D eigenvalue weighted by Gasteiger charge is -2.14. The third-order valence-corrected chi connectivity index (χ3v) is 4.05. The molecule has 0 aromatic heterocycles. The molecule has 0 aliphatic rings. The van der Waals surface area contributed by atoms with Gasteiger partial charge in [0.2, 0.25) is 0 Å². The number of aliphatic hydroxyl groups is 1. The SMILES string of the molecule is CCCCCCCCCCCCCCOC[C@H](CO)OCC. The maximum absolute atomic E-state index is 9.06. The third-order valence-electron chi connectivity index (χ3n) is 4.05. The number of hydrogen-bond donors (Lipinski definition) is 1. The lowest BCUT2D eigenvalue weighted by Crippen LogP contribution is -2.24. The first-order valence-corrected chi connectivity index (χ1v) is 9.65. The summed E-state index contributed by atoms with van der Waals surface area (Å²) in [6, 6.07) is 0. The van der Waals surface area contributed by atoms with Crippen molar-refractivity contribution < 1.29 is 14.6 Å². The zero-order chi connectivity index (χ0) is 16.3. The van der Waals surface area contributed by atoms with Gasteiger partial charge in [-0.25, -0.2) is 0 Å². The molecule has 3 heteroatoms. The van der Waals surface area contributed by atoms with E-state index in [1.54, 1.807) is 0 Å². The van der Waals surface area contributed by atoms with E-state index in [9.17, 15) is 0 Å². The molecular formula is C19H40O3. The lowest BCUT2D eigenvalue weighted by atomic mass is 10.1. The Morgan fingerprint density at radius 2 is 1.23 bits per heavy atom. The highest BCUT2D eigenvalue weighted by Crippen LogP contribution is 2.11. The number of rotatable bonds is 18. The van der Waals surface area contributed by atoms with Crippen LogP contribution in [0.3, 0.4) is 0 Å². The molecule has 0 aromatic carbocycles. The van der Waals surface area contributed by atoms with Gasteiger partial charge in [-0.05, 0) is 13.3 Å². The topological polar surface area (TPSA) is 38.7 Å². The molecule has 0 aliphatic heterocycles. The Morgan fingerprint density at radius 1 is 0.727 bits per heavy atom. The molecule has 0 saturated heterocycles. The van der Waals surface area contributed by atoms with E-state index < -0.39 is 0 Å². The molecule has 3 nitrogen and oxygen atoms in total. The maximum atomic E-state index is 9.06. The van der Waals surface area contributed by atoms with E-state index in [1.807, 2.05) is 6.92 Å². The molecule has 0 amide bonds. The highest BCUT2D eigenvalue weighted by atomic mass is 16.5. The van der Waals surface area contributed by atoms with E-state index in [0.29, 0.717) is 13.2 Å². The predicted molar refractivity (Wildman–Crippen MR) is 94.4 cm³/mol. The Hall–Kier alpha value is -0.120. The van der Waals surface area contributed by atoms with Crippen molar-refractivity contribution >= 4 is 0 Å². The molecule has 0 saturated carbocycles. The minimum Gasteiger partial charge on any atom is -0.394 e. The first kappa shape index (κ1) is 21.9. The Morgan fingerprint density at radius 3 is 1.68 bits per heavy atom. The van der Waals surface area contributed by atoms with Crippen molar-refractivity contribution in [2.45, 2.75) is 97.0 Å². The smallest absolute Gasteiger partial charge is 0.104 e. The molecule has 1 N–H and O–H groups in total. The van der Waals surface area contributed by atoms with Gasteiger partial charge in [0, 0.05) is 13.2 Å². The summed E-state index contributed by atoms with van der Waals surface area (Å²) in [5.41, 5.74) is 0. The van der Waals surface area contributed by atoms with Crippen LogP contribution < -0.4 is 0 Å². The van der Waals surface area contributed by atoms with Crippen LogP contribution in [0, 0.1) is 0 Å². The fourth-order valence-electron chi connectivity index (χ4n) is 2.65. The Kier molecular flexibility index (Phi) is 18.8. The minimum absolute atomic E-state index is 0.0479. The summed E-state index contributed by atoms with van der Waals surface area (Å²) in [7, 11) is 0. The van der Waals surface area contributed by atoms with E-state index in [-0.39, 0.29) is 12.7 Å². The van der Waals surface area contributed by atoms with Gasteiger partial charge in [-0.1, -0.05) is 77.6 Å². The molecule has 0 radical (unpaired) electrons. The number of aliphatic hydroxyl groups excluding tert-OH is 1. The predicted octanol–water partition coefficient (Wildman–Crippen LogP) is 5.10. The fraction of sp³-hybridized carbons (Fsp3) is 1.00. The summed E-state index contributed by atoms with van der Waals surface area (Å²) in [5, 5.41) is 9.06. The van der Waals surface area contributed by atoms with Gasteiger partial charge < -0.3 is 14.6 Å². The molecule has 1 atom stereocenters. The van der Waals surface area contributed by atoms with Gasteiger partial charge in [0.05, 0.1) is 13.2 Å². The number of unbranched alkanes of at least 4 members (excludes halogenated alkanes) is 11. The van der Waals surface area contributed by atoms with Crippen LogP contribution in [-0.4, -0.2) is 37.6 Å².